The van der Waals surface area contributed by atoms with Crippen molar-refractivity contribution >= 4 is 5.97 Å². The fourth-order valence-corrected chi connectivity index (χ4v) is 1.57. The molecular formula is C8H9NO3. The zero-order valence-corrected chi connectivity index (χ0v) is 6.49. The predicted molar refractivity (Wildman–Crippen MR) is 39.7 cm³/mol. The number of carboxylic acid groups (broad SMARTS) is 1. The summed E-state index contributed by atoms with van der Waals surface area (Å²) in [6.07, 6.45) is 3.72. The molecule has 1 aliphatic carbocycles. The largest absolute Gasteiger partial charge is 0.481 e. The van der Waals surface area contributed by atoms with Crippen LogP contribution in [0.25, 0.3) is 0 Å². The van der Waals surface area contributed by atoms with Crippen molar-refractivity contribution in [3.63, 3.8) is 0 Å². The van der Waals surface area contributed by atoms with Gasteiger partial charge < -0.3 is 9.63 Å². The van der Waals surface area contributed by atoms with Crippen LogP contribution in [0.2, 0.25) is 0 Å². The first kappa shape index (κ1) is 7.34. The van der Waals surface area contributed by atoms with E-state index in [1.54, 1.807) is 6.07 Å². The maximum atomic E-state index is 10.9. The Balaban J connectivity index is 2.35. The van der Waals surface area contributed by atoms with Gasteiger partial charge in [0.25, 0.3) is 0 Å². The van der Waals surface area contributed by atoms with Crippen molar-refractivity contribution in [2.24, 2.45) is 0 Å². The quantitative estimate of drug-likeness (QED) is 0.718. The van der Waals surface area contributed by atoms with Crippen LogP contribution in [0.1, 0.15) is 25.0 Å². The van der Waals surface area contributed by atoms with Gasteiger partial charge in [-0.1, -0.05) is 11.6 Å². The molecule has 1 fully saturated rings. The van der Waals surface area contributed by atoms with Gasteiger partial charge in [0, 0.05) is 6.07 Å². The van der Waals surface area contributed by atoms with Crippen LogP contribution in [0.5, 0.6) is 0 Å². The third kappa shape index (κ3) is 0.776. The number of hydrogen-bond acceptors (Lipinski definition) is 3. The summed E-state index contributed by atoms with van der Waals surface area (Å²) in [6.45, 7) is 0. The fraction of sp³-hybridized carbons (Fsp3) is 0.500. The highest BCUT2D eigenvalue weighted by molar-refractivity contribution is 5.81. The molecule has 1 aromatic rings. The van der Waals surface area contributed by atoms with Crippen LogP contribution in [-0.2, 0) is 10.2 Å². The molecule has 1 N–H and O–H groups in total. The van der Waals surface area contributed by atoms with Crippen molar-refractivity contribution in [1.29, 1.82) is 0 Å². The van der Waals surface area contributed by atoms with Crippen molar-refractivity contribution < 1.29 is 14.4 Å². The average Bonchev–Trinajstić information content (AvgIpc) is 2.35. The van der Waals surface area contributed by atoms with Gasteiger partial charge in [0.1, 0.15) is 17.4 Å². The number of carboxylic acids is 1. The Labute approximate surface area is 69.2 Å². The summed E-state index contributed by atoms with van der Waals surface area (Å²) in [4.78, 5) is 10.9. The predicted octanol–water partition coefficient (Wildman–Crippen LogP) is 1.18. The highest BCUT2D eigenvalue weighted by Crippen LogP contribution is 2.42. The van der Waals surface area contributed by atoms with Gasteiger partial charge in [-0.05, 0) is 12.8 Å². The second-order valence-corrected chi connectivity index (χ2v) is 3.13. The van der Waals surface area contributed by atoms with Gasteiger partial charge in [-0.25, -0.2) is 0 Å². The minimum atomic E-state index is -0.789. The van der Waals surface area contributed by atoms with Crippen molar-refractivity contribution in [1.82, 2.24) is 5.16 Å². The zero-order valence-electron chi connectivity index (χ0n) is 6.49. The van der Waals surface area contributed by atoms with E-state index in [4.69, 9.17) is 5.11 Å². The Morgan fingerprint density at radius 1 is 1.67 bits per heavy atom. The van der Waals surface area contributed by atoms with E-state index in [-0.39, 0.29) is 0 Å². The maximum Gasteiger partial charge on any atom is 0.315 e. The summed E-state index contributed by atoms with van der Waals surface area (Å²) in [7, 11) is 0. The third-order valence-corrected chi connectivity index (χ3v) is 2.54. The molecule has 0 radical (unpaired) electrons. The second kappa shape index (κ2) is 2.33. The zero-order chi connectivity index (χ0) is 8.60. The van der Waals surface area contributed by atoms with Crippen molar-refractivity contribution in [3.8, 4) is 0 Å². The smallest absolute Gasteiger partial charge is 0.315 e. The lowest BCUT2D eigenvalue weighted by Crippen LogP contribution is -2.42. The lowest BCUT2D eigenvalue weighted by molar-refractivity contribution is -0.147. The van der Waals surface area contributed by atoms with E-state index < -0.39 is 11.4 Å². The van der Waals surface area contributed by atoms with E-state index in [1.165, 1.54) is 6.26 Å². The highest BCUT2D eigenvalue weighted by Gasteiger charge is 2.48. The molecular weight excluding hydrogens is 158 g/mol. The first-order valence-electron chi connectivity index (χ1n) is 3.90. The minimum Gasteiger partial charge on any atom is -0.481 e. The molecule has 12 heavy (non-hydrogen) atoms. The third-order valence-electron chi connectivity index (χ3n) is 2.54. The molecule has 0 spiro atoms. The second-order valence-electron chi connectivity index (χ2n) is 3.13. The molecule has 0 atom stereocenters. The first-order chi connectivity index (χ1) is 5.76. The molecule has 0 saturated heterocycles. The van der Waals surface area contributed by atoms with E-state index >= 15 is 0 Å². The summed E-state index contributed by atoms with van der Waals surface area (Å²) < 4.78 is 4.63. The summed E-state index contributed by atoms with van der Waals surface area (Å²) >= 11 is 0. The van der Waals surface area contributed by atoms with Crippen molar-refractivity contribution in [2.45, 2.75) is 24.7 Å². The summed E-state index contributed by atoms with van der Waals surface area (Å²) in [5, 5.41) is 12.6. The Morgan fingerprint density at radius 3 is 2.75 bits per heavy atom. The molecule has 0 aliphatic heterocycles. The molecule has 1 saturated carbocycles. The van der Waals surface area contributed by atoms with E-state index in [0.717, 1.165) is 6.42 Å². The van der Waals surface area contributed by atoms with Gasteiger partial charge in [-0.2, -0.15) is 0 Å². The van der Waals surface area contributed by atoms with Crippen LogP contribution >= 0.6 is 0 Å². The van der Waals surface area contributed by atoms with Crippen LogP contribution in [0.15, 0.2) is 16.9 Å². The molecule has 4 nitrogen and oxygen atoms in total. The number of rotatable bonds is 2. The SMILES string of the molecule is O=C(O)C1(c2ccon2)CCC1. The summed E-state index contributed by atoms with van der Waals surface area (Å²) in [5.41, 5.74) is -0.186. The Hall–Kier alpha value is -1.32. The number of aromatic nitrogens is 1. The van der Waals surface area contributed by atoms with Gasteiger partial charge in [0.15, 0.2) is 0 Å². The lowest BCUT2D eigenvalue weighted by Gasteiger charge is -2.35. The normalized spacial score (nSPS) is 20.0. The van der Waals surface area contributed by atoms with E-state index in [2.05, 4.69) is 9.68 Å². The molecule has 1 aromatic heterocycles. The Kier molecular flexibility index (Phi) is 1.43. The van der Waals surface area contributed by atoms with Gasteiger partial charge in [0.2, 0.25) is 0 Å². The highest BCUT2D eigenvalue weighted by atomic mass is 16.5. The molecule has 0 amide bonds. The molecule has 0 bridgehead atoms. The van der Waals surface area contributed by atoms with Crippen molar-refractivity contribution in [2.75, 3.05) is 0 Å². The molecule has 4 heteroatoms. The van der Waals surface area contributed by atoms with Gasteiger partial charge in [-0.15, -0.1) is 0 Å². The fourth-order valence-electron chi connectivity index (χ4n) is 1.57. The van der Waals surface area contributed by atoms with E-state index in [1.807, 2.05) is 0 Å². The molecule has 0 aromatic carbocycles. The number of hydrogen-bond donors (Lipinski definition) is 1. The standard InChI is InChI=1S/C8H9NO3/c10-7(11)8(3-1-4-8)6-2-5-12-9-6/h2,5H,1,3-4H2,(H,10,11). The molecule has 1 aliphatic rings. The monoisotopic (exact) mass is 167 g/mol. The van der Waals surface area contributed by atoms with Crippen LogP contribution in [0, 0.1) is 0 Å². The minimum absolute atomic E-state index is 0.557. The summed E-state index contributed by atoms with van der Waals surface area (Å²) in [6, 6.07) is 1.63. The van der Waals surface area contributed by atoms with Gasteiger partial charge in [0.05, 0.1) is 0 Å². The maximum absolute atomic E-state index is 10.9. The molecule has 1 heterocycles. The van der Waals surface area contributed by atoms with Crippen LogP contribution in [0.3, 0.4) is 0 Å². The van der Waals surface area contributed by atoms with Crippen LogP contribution < -0.4 is 0 Å². The molecule has 2 rings (SSSR count). The topological polar surface area (TPSA) is 63.3 Å². The van der Waals surface area contributed by atoms with Crippen LogP contribution in [-0.4, -0.2) is 16.2 Å². The van der Waals surface area contributed by atoms with E-state index in [9.17, 15) is 4.79 Å². The van der Waals surface area contributed by atoms with Gasteiger partial charge >= 0.3 is 5.97 Å². The summed E-state index contributed by atoms with van der Waals surface area (Å²) in [5.74, 6) is -0.789. The number of carbonyl (C=O) groups is 1. The van der Waals surface area contributed by atoms with Crippen LogP contribution in [0.4, 0.5) is 0 Å². The molecule has 64 valence electrons. The number of nitrogens with zero attached hydrogens (tertiary/aromatic N) is 1. The number of aliphatic carboxylic acids is 1. The molecule has 0 unspecified atom stereocenters. The average molecular weight is 167 g/mol. The lowest BCUT2D eigenvalue weighted by atomic mass is 9.67. The Morgan fingerprint density at radius 2 is 2.42 bits per heavy atom. The van der Waals surface area contributed by atoms with Gasteiger partial charge in [-0.3, -0.25) is 4.79 Å². The Bertz CT molecular complexity index is 287. The first-order valence-corrected chi connectivity index (χ1v) is 3.90. The van der Waals surface area contributed by atoms with E-state index in [0.29, 0.717) is 18.5 Å². The van der Waals surface area contributed by atoms with Crippen molar-refractivity contribution in [3.05, 3.63) is 18.0 Å².